The summed E-state index contributed by atoms with van der Waals surface area (Å²) in [4.78, 5) is 22.7. The van der Waals surface area contributed by atoms with Gasteiger partial charge < -0.3 is 9.64 Å². The third kappa shape index (κ3) is 5.08. The first kappa shape index (κ1) is 24.5. The Labute approximate surface area is 200 Å². The lowest BCUT2D eigenvalue weighted by atomic mass is 9.90. The molecule has 172 valence electrons. The van der Waals surface area contributed by atoms with Crippen molar-refractivity contribution in [2.45, 2.75) is 39.5 Å². The molecule has 0 saturated carbocycles. The lowest BCUT2D eigenvalue weighted by Gasteiger charge is -2.25. The van der Waals surface area contributed by atoms with E-state index >= 15 is 0 Å². The number of thiazole rings is 1. The number of aromatic nitrogens is 1. The van der Waals surface area contributed by atoms with Gasteiger partial charge in [-0.1, -0.05) is 37.3 Å². The summed E-state index contributed by atoms with van der Waals surface area (Å²) in [5.74, 6) is 0.767. The summed E-state index contributed by atoms with van der Waals surface area (Å²) in [6.45, 7) is 7.66. The third-order valence-corrected chi connectivity index (χ3v) is 7.24. The van der Waals surface area contributed by atoms with Crippen LogP contribution in [0, 0.1) is 0 Å². The molecule has 0 saturated heterocycles. The van der Waals surface area contributed by atoms with E-state index in [1.165, 1.54) is 24.0 Å². The topological polar surface area (TPSA) is 45.7 Å². The molecule has 0 unspecified atom stereocenters. The molecule has 3 aromatic rings. The molecular weight excluding hydrogens is 442 g/mol. The molecule has 0 atom stereocenters. The second-order valence-corrected chi connectivity index (χ2v) is 8.99. The summed E-state index contributed by atoms with van der Waals surface area (Å²) in [5.41, 5.74) is 4.29. The number of ether oxygens (including phenoxy) is 1. The van der Waals surface area contributed by atoms with Crippen molar-refractivity contribution in [3.05, 3.63) is 53.1 Å². The summed E-state index contributed by atoms with van der Waals surface area (Å²) in [6, 6.07) is 12.2. The van der Waals surface area contributed by atoms with E-state index in [1.807, 2.05) is 29.2 Å². The van der Waals surface area contributed by atoms with E-state index in [4.69, 9.17) is 9.72 Å². The van der Waals surface area contributed by atoms with Crippen molar-refractivity contribution >= 4 is 45.0 Å². The number of hydrogen-bond donors (Lipinski definition) is 0. The number of rotatable bonds is 8. The number of likely N-dealkylation sites (N-methyl/N-ethyl adjacent to an activating group) is 1. The number of hydrogen-bond acceptors (Lipinski definition) is 5. The van der Waals surface area contributed by atoms with Crippen LogP contribution in [-0.4, -0.2) is 49.1 Å². The van der Waals surface area contributed by atoms with Gasteiger partial charge in [0.2, 0.25) is 0 Å². The molecule has 0 spiro atoms. The molecule has 2 aromatic carbocycles. The second-order valence-electron chi connectivity index (χ2n) is 7.98. The fourth-order valence-corrected chi connectivity index (χ4v) is 5.29. The molecule has 1 aliphatic carbocycles. The van der Waals surface area contributed by atoms with Crippen molar-refractivity contribution in [2.24, 2.45) is 0 Å². The van der Waals surface area contributed by atoms with Gasteiger partial charge in [0.15, 0.2) is 5.13 Å². The van der Waals surface area contributed by atoms with Crippen LogP contribution in [-0.2, 0) is 12.8 Å². The maximum atomic E-state index is 13.7. The minimum absolute atomic E-state index is 0. The van der Waals surface area contributed by atoms with Crippen LogP contribution in [0.3, 0.4) is 0 Å². The Morgan fingerprint density at radius 1 is 1.06 bits per heavy atom. The highest BCUT2D eigenvalue weighted by molar-refractivity contribution is 7.22. The molecule has 1 heterocycles. The molecular formula is C25H32ClN3O2S. The normalized spacial score (nSPS) is 13.0. The van der Waals surface area contributed by atoms with Crippen molar-refractivity contribution in [2.75, 3.05) is 38.2 Å². The second kappa shape index (κ2) is 11.1. The predicted molar refractivity (Wildman–Crippen MR) is 136 cm³/mol. The Balaban J connectivity index is 0.00000289. The summed E-state index contributed by atoms with van der Waals surface area (Å²) in [6.07, 6.45) is 4.62. The number of fused-ring (bicyclic) bond motifs is 2. The standard InChI is InChI=1S/C25H31N3O2S.ClH/c1-4-27(5-2)15-16-28(25-26-23-21(30-3)11-8-12-22(23)31-25)24(29)20-14-13-18-9-6-7-10-19(18)17-20;/h8,11-14,17H,4-7,9-10,15-16H2,1-3H3;1H. The van der Waals surface area contributed by atoms with E-state index in [0.29, 0.717) is 6.54 Å². The fraction of sp³-hybridized carbons (Fsp3) is 0.440. The van der Waals surface area contributed by atoms with Crippen molar-refractivity contribution < 1.29 is 9.53 Å². The highest BCUT2D eigenvalue weighted by Crippen LogP contribution is 2.35. The van der Waals surface area contributed by atoms with Crippen LogP contribution in [0.2, 0.25) is 0 Å². The first-order valence-electron chi connectivity index (χ1n) is 11.2. The highest BCUT2D eigenvalue weighted by Gasteiger charge is 2.24. The zero-order valence-corrected chi connectivity index (χ0v) is 20.7. The van der Waals surface area contributed by atoms with Gasteiger partial charge in [0.25, 0.3) is 5.91 Å². The minimum atomic E-state index is 0. The van der Waals surface area contributed by atoms with E-state index in [0.717, 1.165) is 59.1 Å². The Bertz CT molecular complexity index is 1060. The molecule has 1 aromatic heterocycles. The smallest absolute Gasteiger partial charge is 0.260 e. The molecule has 5 nitrogen and oxygen atoms in total. The van der Waals surface area contributed by atoms with Crippen LogP contribution >= 0.6 is 23.7 Å². The van der Waals surface area contributed by atoms with Gasteiger partial charge in [-0.15, -0.1) is 12.4 Å². The monoisotopic (exact) mass is 473 g/mol. The number of carbonyl (C=O) groups excluding carboxylic acids is 1. The lowest BCUT2D eigenvalue weighted by molar-refractivity contribution is 0.0983. The molecule has 1 amide bonds. The molecule has 0 radical (unpaired) electrons. The van der Waals surface area contributed by atoms with Gasteiger partial charge in [0.05, 0.1) is 11.8 Å². The van der Waals surface area contributed by atoms with E-state index in [2.05, 4.69) is 30.9 Å². The van der Waals surface area contributed by atoms with Gasteiger partial charge >= 0.3 is 0 Å². The van der Waals surface area contributed by atoms with Gasteiger partial charge in [-0.3, -0.25) is 9.69 Å². The third-order valence-electron chi connectivity index (χ3n) is 6.20. The molecule has 0 aliphatic heterocycles. The number of carbonyl (C=O) groups is 1. The Morgan fingerprint density at radius 3 is 2.53 bits per heavy atom. The summed E-state index contributed by atoms with van der Waals surface area (Å²) >= 11 is 1.55. The Hall–Kier alpha value is -2.15. The first-order chi connectivity index (χ1) is 15.1. The van der Waals surface area contributed by atoms with Crippen LogP contribution in [0.25, 0.3) is 10.2 Å². The Kier molecular flexibility index (Phi) is 8.51. The first-order valence-corrected chi connectivity index (χ1v) is 12.1. The van der Waals surface area contributed by atoms with E-state index in [1.54, 1.807) is 18.4 Å². The quantitative estimate of drug-likeness (QED) is 0.427. The summed E-state index contributed by atoms with van der Waals surface area (Å²) in [5, 5.41) is 0.731. The Morgan fingerprint density at radius 2 is 1.81 bits per heavy atom. The average molecular weight is 474 g/mol. The van der Waals surface area contributed by atoms with Crippen LogP contribution in [0.1, 0.15) is 48.2 Å². The number of amides is 1. The number of methoxy groups -OCH3 is 1. The van der Waals surface area contributed by atoms with Crippen molar-refractivity contribution in [1.82, 2.24) is 9.88 Å². The van der Waals surface area contributed by atoms with E-state index in [9.17, 15) is 4.79 Å². The summed E-state index contributed by atoms with van der Waals surface area (Å²) in [7, 11) is 1.66. The number of benzene rings is 2. The average Bonchev–Trinajstić information content (AvgIpc) is 3.25. The van der Waals surface area contributed by atoms with Crippen molar-refractivity contribution in [1.29, 1.82) is 0 Å². The van der Waals surface area contributed by atoms with Crippen LogP contribution < -0.4 is 9.64 Å². The molecule has 32 heavy (non-hydrogen) atoms. The largest absolute Gasteiger partial charge is 0.494 e. The number of aryl methyl sites for hydroxylation is 2. The van der Waals surface area contributed by atoms with Crippen LogP contribution in [0.15, 0.2) is 36.4 Å². The number of anilines is 1. The van der Waals surface area contributed by atoms with Gasteiger partial charge in [0, 0.05) is 18.7 Å². The van der Waals surface area contributed by atoms with Crippen LogP contribution in [0.5, 0.6) is 5.75 Å². The van der Waals surface area contributed by atoms with E-state index in [-0.39, 0.29) is 18.3 Å². The molecule has 0 bridgehead atoms. The number of halogens is 1. The van der Waals surface area contributed by atoms with Gasteiger partial charge in [-0.25, -0.2) is 4.98 Å². The predicted octanol–water partition coefficient (Wildman–Crippen LogP) is 5.59. The van der Waals surface area contributed by atoms with Gasteiger partial charge in [-0.2, -0.15) is 0 Å². The van der Waals surface area contributed by atoms with Gasteiger partial charge in [-0.05, 0) is 74.2 Å². The minimum Gasteiger partial charge on any atom is -0.494 e. The van der Waals surface area contributed by atoms with Gasteiger partial charge in [0.1, 0.15) is 11.3 Å². The van der Waals surface area contributed by atoms with Crippen LogP contribution in [0.4, 0.5) is 5.13 Å². The fourth-order valence-electron chi connectivity index (χ4n) is 4.28. The lowest BCUT2D eigenvalue weighted by Crippen LogP contribution is -2.39. The van der Waals surface area contributed by atoms with Crippen molar-refractivity contribution in [3.63, 3.8) is 0 Å². The number of para-hydroxylation sites is 1. The van der Waals surface area contributed by atoms with E-state index < -0.39 is 0 Å². The number of nitrogens with zero attached hydrogens (tertiary/aromatic N) is 3. The zero-order chi connectivity index (χ0) is 21.8. The molecule has 0 fully saturated rings. The maximum Gasteiger partial charge on any atom is 0.260 e. The molecule has 4 rings (SSSR count). The molecule has 0 N–H and O–H groups in total. The summed E-state index contributed by atoms with van der Waals surface area (Å²) < 4.78 is 6.52. The molecule has 7 heteroatoms. The van der Waals surface area contributed by atoms with Crippen molar-refractivity contribution in [3.8, 4) is 5.75 Å². The highest BCUT2D eigenvalue weighted by atomic mass is 35.5. The zero-order valence-electron chi connectivity index (χ0n) is 19.1. The SMILES string of the molecule is CCN(CC)CCN(C(=O)c1ccc2c(c1)CCCC2)c1nc2c(OC)cccc2s1.Cl. The maximum absolute atomic E-state index is 13.7. The molecule has 1 aliphatic rings.